The maximum Gasteiger partial charge on any atom is 0.201 e. The van der Waals surface area contributed by atoms with E-state index in [-0.39, 0.29) is 23.0 Å². The van der Waals surface area contributed by atoms with Crippen molar-refractivity contribution in [2.75, 3.05) is 5.73 Å². The fraction of sp³-hybridized carbons (Fsp3) is 0.111. The Bertz CT molecular complexity index is 1010. The topological polar surface area (TPSA) is 56.7 Å². The number of anilines is 1. The molecule has 2 heterocycles. The van der Waals surface area contributed by atoms with Gasteiger partial charge in [-0.25, -0.2) is 9.97 Å². The van der Waals surface area contributed by atoms with E-state index in [2.05, 4.69) is 29.0 Å². The number of para-hydroxylation sites is 1. The van der Waals surface area contributed by atoms with Gasteiger partial charge in [0.15, 0.2) is 5.15 Å². The van der Waals surface area contributed by atoms with E-state index in [1.165, 1.54) is 0 Å². The highest BCUT2D eigenvalue weighted by Gasteiger charge is 2.20. The zero-order valence-electron chi connectivity index (χ0n) is 13.0. The van der Waals surface area contributed by atoms with Gasteiger partial charge in [-0.2, -0.15) is 0 Å². The highest BCUT2D eigenvalue weighted by molar-refractivity contribution is 8.93. The van der Waals surface area contributed by atoms with Crippen LogP contribution in [0.15, 0.2) is 54.6 Å². The molecule has 24 heavy (non-hydrogen) atoms. The number of nitrogen functional groups attached to an aromatic ring is 1. The highest BCUT2D eigenvalue weighted by atomic mass is 79.9. The van der Waals surface area contributed by atoms with Crippen molar-refractivity contribution >= 4 is 56.5 Å². The van der Waals surface area contributed by atoms with Crippen LogP contribution in [0.5, 0.6) is 0 Å². The van der Waals surface area contributed by atoms with E-state index in [1.54, 1.807) is 0 Å². The van der Waals surface area contributed by atoms with Crippen molar-refractivity contribution in [1.82, 2.24) is 14.5 Å². The molecule has 0 amide bonds. The maximum atomic E-state index is 6.33. The Morgan fingerprint density at radius 2 is 1.67 bits per heavy atom. The minimum absolute atomic E-state index is 0. The summed E-state index contributed by atoms with van der Waals surface area (Å²) < 4.78 is 2.03. The summed E-state index contributed by atoms with van der Waals surface area (Å²) in [5.41, 5.74) is 9.79. The third-order valence-corrected chi connectivity index (χ3v) is 4.44. The van der Waals surface area contributed by atoms with Crippen LogP contribution in [0.25, 0.3) is 21.9 Å². The average molecular weight is 404 g/mol. The number of nitrogens with two attached hydrogens (primary N) is 1. The van der Waals surface area contributed by atoms with Gasteiger partial charge in [0.25, 0.3) is 0 Å². The molecule has 6 heteroatoms. The van der Waals surface area contributed by atoms with E-state index < -0.39 is 0 Å². The molecule has 0 fully saturated rings. The summed E-state index contributed by atoms with van der Waals surface area (Å²) in [6.45, 7) is 2.11. The molecule has 0 bridgehead atoms. The van der Waals surface area contributed by atoms with Crippen LogP contribution in [0, 0.1) is 0 Å². The van der Waals surface area contributed by atoms with Crippen molar-refractivity contribution in [3.05, 3.63) is 65.3 Å². The predicted octanol–water partition coefficient (Wildman–Crippen LogP) is 5.01. The molecule has 1 atom stereocenters. The number of nitrogens with zero attached hydrogens (tertiary/aromatic N) is 3. The number of fused-ring (bicyclic) bond motifs is 3. The summed E-state index contributed by atoms with van der Waals surface area (Å²) in [6.07, 6.45) is 0. The number of imidazole rings is 1. The summed E-state index contributed by atoms with van der Waals surface area (Å²) >= 11 is 6.33. The summed E-state index contributed by atoms with van der Waals surface area (Å²) in [7, 11) is 0. The van der Waals surface area contributed by atoms with E-state index in [0.717, 1.165) is 22.0 Å². The van der Waals surface area contributed by atoms with Gasteiger partial charge in [0.2, 0.25) is 5.95 Å². The van der Waals surface area contributed by atoms with Gasteiger partial charge in [0.1, 0.15) is 5.52 Å². The smallest absolute Gasteiger partial charge is 0.201 e. The molecule has 0 radical (unpaired) electrons. The van der Waals surface area contributed by atoms with E-state index >= 15 is 0 Å². The van der Waals surface area contributed by atoms with E-state index in [9.17, 15) is 0 Å². The quantitative estimate of drug-likeness (QED) is 0.479. The summed E-state index contributed by atoms with van der Waals surface area (Å²) in [5, 5.41) is 1.38. The monoisotopic (exact) mass is 402 g/mol. The largest absolute Gasteiger partial charge is 0.369 e. The number of pyridine rings is 1. The first-order valence-corrected chi connectivity index (χ1v) is 7.81. The molecule has 0 saturated heterocycles. The molecule has 0 aliphatic heterocycles. The number of halogens is 2. The molecule has 4 nitrogen and oxygen atoms in total. The zero-order chi connectivity index (χ0) is 16.0. The first kappa shape index (κ1) is 16.7. The normalized spacial score (nSPS) is 12.2. The molecule has 2 aromatic heterocycles. The summed E-state index contributed by atoms with van der Waals surface area (Å²) in [6, 6.07) is 18.2. The van der Waals surface area contributed by atoms with Crippen molar-refractivity contribution in [3.8, 4) is 0 Å². The van der Waals surface area contributed by atoms with Crippen LogP contribution in [0.2, 0.25) is 5.15 Å². The van der Waals surface area contributed by atoms with Crippen LogP contribution in [0.1, 0.15) is 18.5 Å². The number of aromatic nitrogens is 3. The summed E-state index contributed by atoms with van der Waals surface area (Å²) in [5.74, 6) is 0.441. The Kier molecular flexibility index (Phi) is 4.47. The van der Waals surface area contributed by atoms with Gasteiger partial charge in [-0.15, -0.1) is 17.0 Å². The molecular weight excluding hydrogens is 388 g/mol. The third kappa shape index (κ3) is 2.54. The first-order valence-electron chi connectivity index (χ1n) is 7.43. The highest BCUT2D eigenvalue weighted by Crippen LogP contribution is 2.34. The second-order valence-electron chi connectivity index (χ2n) is 5.54. The van der Waals surface area contributed by atoms with Crippen LogP contribution in [0.4, 0.5) is 5.95 Å². The van der Waals surface area contributed by atoms with Crippen molar-refractivity contribution in [2.45, 2.75) is 13.0 Å². The van der Waals surface area contributed by atoms with Crippen LogP contribution in [0.3, 0.4) is 0 Å². The Morgan fingerprint density at radius 3 is 2.42 bits per heavy atom. The van der Waals surface area contributed by atoms with E-state index in [1.807, 2.05) is 47.0 Å². The molecule has 4 rings (SSSR count). The molecule has 0 saturated carbocycles. The molecule has 0 aliphatic carbocycles. The zero-order valence-corrected chi connectivity index (χ0v) is 15.4. The number of rotatable bonds is 2. The van der Waals surface area contributed by atoms with Gasteiger partial charge in [0, 0.05) is 5.39 Å². The third-order valence-electron chi connectivity index (χ3n) is 4.18. The standard InChI is InChI=1S/C18H15ClN4.BrH/c1-11(12-7-3-2-4-8-12)23-16-13-9-5-6-10-14(13)21-17(19)15(16)22-18(23)20;/h2-11H,1H3,(H2,20,22);1H/t11-;/m1./s1. The van der Waals surface area contributed by atoms with Gasteiger partial charge in [-0.3, -0.25) is 0 Å². The van der Waals surface area contributed by atoms with Crippen LogP contribution in [-0.2, 0) is 0 Å². The molecular formula is C18H16BrClN4. The minimum Gasteiger partial charge on any atom is -0.369 e. The van der Waals surface area contributed by atoms with Gasteiger partial charge in [0.05, 0.1) is 17.1 Å². The lowest BCUT2D eigenvalue weighted by Gasteiger charge is -2.17. The van der Waals surface area contributed by atoms with E-state index in [4.69, 9.17) is 17.3 Å². The van der Waals surface area contributed by atoms with Crippen molar-refractivity contribution < 1.29 is 0 Å². The van der Waals surface area contributed by atoms with Crippen molar-refractivity contribution in [2.24, 2.45) is 0 Å². The van der Waals surface area contributed by atoms with Crippen LogP contribution >= 0.6 is 28.6 Å². The number of benzene rings is 2. The SMILES string of the molecule is Br.C[C@H](c1ccccc1)n1c(N)nc2c(Cl)nc3ccccc3c21. The summed E-state index contributed by atoms with van der Waals surface area (Å²) in [4.78, 5) is 8.88. The Balaban J connectivity index is 0.00000169. The molecule has 0 unspecified atom stereocenters. The van der Waals surface area contributed by atoms with Gasteiger partial charge >= 0.3 is 0 Å². The first-order chi connectivity index (χ1) is 11.2. The fourth-order valence-electron chi connectivity index (χ4n) is 3.05. The second kappa shape index (κ2) is 6.42. The lowest BCUT2D eigenvalue weighted by Crippen LogP contribution is -2.10. The molecule has 2 aromatic carbocycles. The Morgan fingerprint density at radius 1 is 1.00 bits per heavy atom. The van der Waals surface area contributed by atoms with E-state index in [0.29, 0.717) is 16.6 Å². The number of hydrogen-bond acceptors (Lipinski definition) is 3. The fourth-order valence-corrected chi connectivity index (χ4v) is 3.28. The molecule has 4 aromatic rings. The van der Waals surface area contributed by atoms with Gasteiger partial charge in [-0.1, -0.05) is 60.1 Å². The molecule has 0 spiro atoms. The van der Waals surface area contributed by atoms with Crippen LogP contribution < -0.4 is 5.73 Å². The lowest BCUT2D eigenvalue weighted by atomic mass is 10.1. The van der Waals surface area contributed by atoms with Crippen LogP contribution in [-0.4, -0.2) is 14.5 Å². The molecule has 122 valence electrons. The lowest BCUT2D eigenvalue weighted by molar-refractivity contribution is 0.669. The Labute approximate surface area is 155 Å². The average Bonchev–Trinajstić information content (AvgIpc) is 2.93. The molecule has 0 aliphatic rings. The maximum absolute atomic E-state index is 6.33. The van der Waals surface area contributed by atoms with Gasteiger partial charge < -0.3 is 10.3 Å². The predicted molar refractivity (Wildman–Crippen MR) is 105 cm³/mol. The Hall–Kier alpha value is -2.11. The number of hydrogen-bond donors (Lipinski definition) is 1. The second-order valence-corrected chi connectivity index (χ2v) is 5.90. The molecule has 2 N–H and O–H groups in total. The van der Waals surface area contributed by atoms with Crippen molar-refractivity contribution in [1.29, 1.82) is 0 Å². The van der Waals surface area contributed by atoms with Crippen molar-refractivity contribution in [3.63, 3.8) is 0 Å². The van der Waals surface area contributed by atoms with Gasteiger partial charge in [-0.05, 0) is 18.6 Å². The minimum atomic E-state index is 0.